The lowest BCUT2D eigenvalue weighted by atomic mass is 10.1. The Balaban J connectivity index is 1.72. The number of piperazine rings is 3. The average molecular weight is 304 g/mol. The number of carbonyl (C=O) groups is 1. The van der Waals surface area contributed by atoms with Gasteiger partial charge in [-0.2, -0.15) is 0 Å². The van der Waals surface area contributed by atoms with Crippen LogP contribution < -0.4 is 5.32 Å². The van der Waals surface area contributed by atoms with Gasteiger partial charge in [0.2, 0.25) is 0 Å². The Morgan fingerprint density at radius 2 is 2.09 bits per heavy atom. The van der Waals surface area contributed by atoms with Crippen molar-refractivity contribution in [2.24, 2.45) is 0 Å². The average Bonchev–Trinajstić information content (AvgIpc) is 2.53. The minimum absolute atomic E-state index is 0.0380. The van der Waals surface area contributed by atoms with E-state index in [-0.39, 0.29) is 11.5 Å². The lowest BCUT2D eigenvalue weighted by molar-refractivity contribution is -0.384. The highest BCUT2D eigenvalue weighted by molar-refractivity contribution is 5.95. The van der Waals surface area contributed by atoms with Crippen molar-refractivity contribution in [3.8, 4) is 0 Å². The van der Waals surface area contributed by atoms with Gasteiger partial charge in [0.1, 0.15) is 5.69 Å². The predicted molar refractivity (Wildman–Crippen MR) is 83.4 cm³/mol. The predicted octanol–water partition coefficient (Wildman–Crippen LogP) is 1.21. The summed E-state index contributed by atoms with van der Waals surface area (Å²) in [5.74, 6) is -0.168. The number of ketones is 1. The highest BCUT2D eigenvalue weighted by Gasteiger charge is 2.31. The first-order valence-electron chi connectivity index (χ1n) is 7.54. The number of nitrogens with one attached hydrogen (secondary N) is 1. The van der Waals surface area contributed by atoms with E-state index < -0.39 is 4.92 Å². The van der Waals surface area contributed by atoms with E-state index in [9.17, 15) is 14.9 Å². The molecule has 0 aliphatic carbocycles. The number of nitro groups is 1. The molecule has 1 aromatic carbocycles. The van der Waals surface area contributed by atoms with Crippen molar-refractivity contribution in [1.82, 2.24) is 9.80 Å². The summed E-state index contributed by atoms with van der Waals surface area (Å²) in [5.41, 5.74) is 0.806. The second-order valence-electron chi connectivity index (χ2n) is 5.92. The topological polar surface area (TPSA) is 78.7 Å². The van der Waals surface area contributed by atoms with Crippen LogP contribution in [0, 0.1) is 10.1 Å². The van der Waals surface area contributed by atoms with Gasteiger partial charge in [0.25, 0.3) is 5.69 Å². The van der Waals surface area contributed by atoms with Gasteiger partial charge in [0.15, 0.2) is 5.78 Å². The molecule has 118 valence electrons. The van der Waals surface area contributed by atoms with E-state index in [0.29, 0.717) is 23.8 Å². The van der Waals surface area contributed by atoms with Crippen molar-refractivity contribution < 1.29 is 9.72 Å². The number of hydrogen-bond acceptors (Lipinski definition) is 6. The molecule has 3 aliphatic heterocycles. The van der Waals surface area contributed by atoms with Crippen LogP contribution in [0.1, 0.15) is 17.3 Å². The quantitative estimate of drug-likeness (QED) is 0.500. The zero-order valence-electron chi connectivity index (χ0n) is 12.6. The normalized spacial score (nSPS) is 26.7. The van der Waals surface area contributed by atoms with Gasteiger partial charge in [-0.25, -0.2) is 0 Å². The summed E-state index contributed by atoms with van der Waals surface area (Å²) in [4.78, 5) is 27.0. The van der Waals surface area contributed by atoms with Crippen LogP contribution in [0.15, 0.2) is 18.2 Å². The Morgan fingerprint density at radius 1 is 1.36 bits per heavy atom. The first kappa shape index (κ1) is 14.9. The number of Topliss-reactive ketones (excluding diaryl/α,β-unsaturated/α-hetero) is 1. The molecular weight excluding hydrogens is 284 g/mol. The molecular formula is C15H20N4O3. The van der Waals surface area contributed by atoms with E-state index in [1.165, 1.54) is 13.0 Å². The number of benzene rings is 1. The summed E-state index contributed by atoms with van der Waals surface area (Å²) in [6, 6.07) is 5.00. The number of hydrogen-bond donors (Lipinski definition) is 1. The maximum atomic E-state index is 11.4. The lowest BCUT2D eigenvalue weighted by Gasteiger charge is -2.47. The molecule has 22 heavy (non-hydrogen) atoms. The molecule has 7 nitrogen and oxygen atoms in total. The van der Waals surface area contributed by atoms with E-state index in [0.717, 1.165) is 32.7 Å². The molecule has 3 heterocycles. The van der Waals surface area contributed by atoms with Crippen molar-refractivity contribution in [1.29, 1.82) is 0 Å². The van der Waals surface area contributed by atoms with Crippen molar-refractivity contribution in [2.45, 2.75) is 13.0 Å². The minimum atomic E-state index is -0.439. The van der Waals surface area contributed by atoms with Crippen LogP contribution in [0.3, 0.4) is 0 Å². The SMILES string of the molecule is CC(=O)c1ccc(NCC2CN3CCN2CC3)c([N+](=O)[O-])c1. The fourth-order valence-electron chi connectivity index (χ4n) is 3.20. The molecule has 4 rings (SSSR count). The molecule has 0 radical (unpaired) electrons. The van der Waals surface area contributed by atoms with Gasteiger partial charge >= 0.3 is 0 Å². The second-order valence-corrected chi connectivity index (χ2v) is 5.92. The molecule has 0 aromatic heterocycles. The Morgan fingerprint density at radius 3 is 2.64 bits per heavy atom. The second kappa shape index (κ2) is 6.02. The largest absolute Gasteiger partial charge is 0.378 e. The van der Waals surface area contributed by atoms with Crippen LogP contribution in [0.5, 0.6) is 0 Å². The third kappa shape index (κ3) is 2.95. The highest BCUT2D eigenvalue weighted by Crippen LogP contribution is 2.26. The summed E-state index contributed by atoms with van der Waals surface area (Å²) >= 11 is 0. The lowest BCUT2D eigenvalue weighted by Crippen LogP contribution is -2.62. The summed E-state index contributed by atoms with van der Waals surface area (Å²) in [6.07, 6.45) is 0. The van der Waals surface area contributed by atoms with Gasteiger partial charge < -0.3 is 5.32 Å². The van der Waals surface area contributed by atoms with E-state index >= 15 is 0 Å². The Kier molecular flexibility index (Phi) is 4.08. The number of nitro benzene ring substituents is 1. The first-order valence-corrected chi connectivity index (χ1v) is 7.54. The molecule has 0 spiro atoms. The Labute approximate surface area is 129 Å². The van der Waals surface area contributed by atoms with Gasteiger partial charge in [-0.1, -0.05) is 0 Å². The van der Waals surface area contributed by atoms with Crippen LogP contribution in [0.4, 0.5) is 11.4 Å². The molecule has 1 N–H and O–H groups in total. The van der Waals surface area contributed by atoms with Crippen LogP contribution >= 0.6 is 0 Å². The molecule has 3 aliphatic rings. The van der Waals surface area contributed by atoms with Crippen molar-refractivity contribution >= 4 is 17.2 Å². The maximum absolute atomic E-state index is 11.4. The van der Waals surface area contributed by atoms with E-state index in [2.05, 4.69) is 15.1 Å². The summed E-state index contributed by atoms with van der Waals surface area (Å²) < 4.78 is 0. The van der Waals surface area contributed by atoms with Gasteiger partial charge in [0.05, 0.1) is 4.92 Å². The zero-order chi connectivity index (χ0) is 15.7. The van der Waals surface area contributed by atoms with Gasteiger partial charge in [-0.05, 0) is 19.1 Å². The van der Waals surface area contributed by atoms with E-state index in [1.807, 2.05) is 0 Å². The van der Waals surface area contributed by atoms with E-state index in [1.54, 1.807) is 12.1 Å². The summed E-state index contributed by atoms with van der Waals surface area (Å²) in [6.45, 7) is 7.46. The molecule has 3 saturated heterocycles. The monoisotopic (exact) mass is 304 g/mol. The van der Waals surface area contributed by atoms with Crippen molar-refractivity contribution in [3.05, 3.63) is 33.9 Å². The first-order chi connectivity index (χ1) is 10.5. The molecule has 0 saturated carbocycles. The Bertz CT molecular complexity index is 596. The van der Waals surface area contributed by atoms with Gasteiger partial charge in [-0.3, -0.25) is 24.7 Å². The van der Waals surface area contributed by atoms with Crippen molar-refractivity contribution in [2.75, 3.05) is 44.6 Å². The van der Waals surface area contributed by atoms with Crippen LogP contribution in [-0.2, 0) is 0 Å². The fraction of sp³-hybridized carbons (Fsp3) is 0.533. The van der Waals surface area contributed by atoms with Crippen LogP contribution in [0.2, 0.25) is 0 Å². The molecule has 0 amide bonds. The fourth-order valence-corrected chi connectivity index (χ4v) is 3.20. The summed E-state index contributed by atoms with van der Waals surface area (Å²) in [7, 11) is 0. The number of anilines is 1. The van der Waals surface area contributed by atoms with Crippen molar-refractivity contribution in [3.63, 3.8) is 0 Å². The van der Waals surface area contributed by atoms with Gasteiger partial charge in [-0.15, -0.1) is 0 Å². The third-order valence-corrected chi connectivity index (χ3v) is 4.52. The number of fused-ring (bicyclic) bond motifs is 3. The van der Waals surface area contributed by atoms with Gasteiger partial charge in [0, 0.05) is 56.9 Å². The molecule has 2 bridgehead atoms. The number of carbonyl (C=O) groups excluding carboxylic acids is 1. The number of nitrogens with zero attached hydrogens (tertiary/aromatic N) is 3. The van der Waals surface area contributed by atoms with Crippen LogP contribution in [0.25, 0.3) is 0 Å². The summed E-state index contributed by atoms with van der Waals surface area (Å²) in [5, 5.41) is 14.4. The molecule has 1 unspecified atom stereocenters. The minimum Gasteiger partial charge on any atom is -0.378 e. The molecule has 7 heteroatoms. The number of rotatable bonds is 5. The maximum Gasteiger partial charge on any atom is 0.293 e. The van der Waals surface area contributed by atoms with E-state index in [4.69, 9.17) is 0 Å². The smallest absolute Gasteiger partial charge is 0.293 e. The highest BCUT2D eigenvalue weighted by atomic mass is 16.6. The van der Waals surface area contributed by atoms with Crippen LogP contribution in [-0.4, -0.2) is 65.8 Å². The Hall–Kier alpha value is -1.99. The molecule has 1 aromatic rings. The zero-order valence-corrected chi connectivity index (χ0v) is 12.6. The third-order valence-electron chi connectivity index (χ3n) is 4.52. The molecule has 1 atom stereocenters. The molecule has 3 fully saturated rings. The standard InChI is InChI=1S/C15H20N4O3/c1-11(20)12-2-3-14(15(8-12)19(21)22)16-9-13-10-17-4-6-18(13)7-5-17/h2-3,8,13,16H,4-7,9-10H2,1H3.